The number of ether oxygens (including phenoxy) is 2. The zero-order valence-electron chi connectivity index (χ0n) is 16.7. The van der Waals surface area contributed by atoms with Crippen LogP contribution in [-0.2, 0) is 24.9 Å². The summed E-state index contributed by atoms with van der Waals surface area (Å²) in [6, 6.07) is 15.6. The number of aliphatic hydroxyl groups is 1. The highest BCUT2D eigenvalue weighted by molar-refractivity contribution is 7.93. The van der Waals surface area contributed by atoms with Crippen LogP contribution in [0.25, 0.3) is 10.9 Å². The lowest BCUT2D eigenvalue weighted by Crippen LogP contribution is -2.59. The van der Waals surface area contributed by atoms with Gasteiger partial charge in [-0.3, -0.25) is 0 Å². The molecule has 2 aromatic carbocycles. The molecule has 1 heterocycles. The Bertz CT molecular complexity index is 1230. The van der Waals surface area contributed by atoms with Crippen molar-refractivity contribution in [3.8, 4) is 0 Å². The summed E-state index contributed by atoms with van der Waals surface area (Å²) in [6.07, 6.45) is 6.49. The van der Waals surface area contributed by atoms with Gasteiger partial charge in [0.25, 0.3) is 0 Å². The Balaban J connectivity index is 2.09. The van der Waals surface area contributed by atoms with Crippen molar-refractivity contribution in [1.82, 2.24) is 4.98 Å². The maximum absolute atomic E-state index is 14.0. The molecule has 2 unspecified atom stereocenters. The number of aromatic amines is 1. The van der Waals surface area contributed by atoms with Crippen molar-refractivity contribution in [1.29, 1.82) is 0 Å². The number of sulfone groups is 1. The lowest BCUT2D eigenvalue weighted by Gasteiger charge is -2.46. The van der Waals surface area contributed by atoms with Gasteiger partial charge in [0, 0.05) is 29.8 Å². The number of hydrogen-bond donors (Lipinski definition) is 2. The van der Waals surface area contributed by atoms with Gasteiger partial charge < -0.3 is 19.6 Å². The monoisotopic (exact) mass is 425 g/mol. The van der Waals surface area contributed by atoms with Gasteiger partial charge >= 0.3 is 0 Å². The molecule has 1 aromatic heterocycles. The Kier molecular flexibility index (Phi) is 5.05. The number of para-hydroxylation sites is 1. The molecule has 2 atom stereocenters. The summed E-state index contributed by atoms with van der Waals surface area (Å²) in [4.78, 5) is 3.27. The Labute approximate surface area is 175 Å². The van der Waals surface area contributed by atoms with Gasteiger partial charge in [-0.2, -0.15) is 0 Å². The number of nitrogens with one attached hydrogen (secondary N) is 1. The first-order valence-corrected chi connectivity index (χ1v) is 10.9. The molecule has 6 nitrogen and oxygen atoms in total. The van der Waals surface area contributed by atoms with Crippen molar-refractivity contribution < 1.29 is 23.0 Å². The molecular formula is C23H23NO5S. The van der Waals surface area contributed by atoms with Gasteiger partial charge in [-0.25, -0.2) is 8.42 Å². The van der Waals surface area contributed by atoms with Gasteiger partial charge in [0.1, 0.15) is 11.4 Å². The topological polar surface area (TPSA) is 88.6 Å². The van der Waals surface area contributed by atoms with E-state index in [0.29, 0.717) is 11.3 Å². The highest BCUT2D eigenvalue weighted by Crippen LogP contribution is 2.50. The van der Waals surface area contributed by atoms with E-state index in [-0.39, 0.29) is 4.90 Å². The molecule has 4 rings (SSSR count). The average Bonchev–Trinajstić information content (AvgIpc) is 3.23. The molecule has 3 aromatic rings. The number of methoxy groups -OCH3 is 2. The third kappa shape index (κ3) is 2.66. The minimum Gasteiger partial charge on any atom is -0.497 e. The van der Waals surface area contributed by atoms with Gasteiger partial charge in [0.2, 0.25) is 0 Å². The Morgan fingerprint density at radius 1 is 1.03 bits per heavy atom. The van der Waals surface area contributed by atoms with Crippen molar-refractivity contribution >= 4 is 20.7 Å². The zero-order valence-corrected chi connectivity index (χ0v) is 17.5. The first-order valence-electron chi connectivity index (χ1n) is 9.44. The van der Waals surface area contributed by atoms with E-state index in [0.717, 1.165) is 10.9 Å². The minimum absolute atomic E-state index is 0.0855. The number of aromatic nitrogens is 1. The molecule has 2 N–H and O–H groups in total. The molecule has 156 valence electrons. The van der Waals surface area contributed by atoms with E-state index in [2.05, 4.69) is 4.98 Å². The first kappa shape index (κ1) is 20.4. The van der Waals surface area contributed by atoms with E-state index < -0.39 is 26.8 Å². The number of hydrogen-bond acceptors (Lipinski definition) is 5. The predicted octanol–water partition coefficient (Wildman–Crippen LogP) is 3.31. The molecule has 0 aliphatic heterocycles. The molecule has 0 fully saturated rings. The van der Waals surface area contributed by atoms with E-state index in [9.17, 15) is 13.5 Å². The third-order valence-electron chi connectivity index (χ3n) is 5.80. The standard InChI is InChI=1S/C23H23NO5S/c1-28-17-12-13-23(29-2,20-15-24-21-11-7-6-10-19(20)21)22(14-17,16-25)30(26,27)18-8-4-3-5-9-18/h3-15,24-25H,16H2,1-2H3. The summed E-state index contributed by atoms with van der Waals surface area (Å²) in [7, 11) is -1.22. The maximum Gasteiger partial charge on any atom is 0.193 e. The van der Waals surface area contributed by atoms with Gasteiger partial charge in [-0.15, -0.1) is 0 Å². The molecule has 0 spiro atoms. The highest BCUT2D eigenvalue weighted by atomic mass is 32.2. The second kappa shape index (κ2) is 7.43. The van der Waals surface area contributed by atoms with Crippen LogP contribution < -0.4 is 0 Å². The van der Waals surface area contributed by atoms with Crippen LogP contribution >= 0.6 is 0 Å². The largest absolute Gasteiger partial charge is 0.497 e. The van der Waals surface area contributed by atoms with Crippen molar-refractivity contribution in [2.24, 2.45) is 0 Å². The van der Waals surface area contributed by atoms with Crippen LogP contribution in [0.4, 0.5) is 0 Å². The molecule has 1 aliphatic carbocycles. The van der Waals surface area contributed by atoms with E-state index >= 15 is 0 Å². The fourth-order valence-electron chi connectivity index (χ4n) is 4.24. The molecule has 0 amide bonds. The number of aliphatic hydroxyl groups excluding tert-OH is 1. The predicted molar refractivity (Wildman–Crippen MR) is 115 cm³/mol. The Morgan fingerprint density at radius 2 is 1.73 bits per heavy atom. The third-order valence-corrected chi connectivity index (χ3v) is 8.20. The van der Waals surface area contributed by atoms with Gasteiger partial charge in [-0.1, -0.05) is 36.4 Å². The van der Waals surface area contributed by atoms with E-state index in [4.69, 9.17) is 9.47 Å². The molecule has 0 radical (unpaired) electrons. The molecule has 1 aliphatic rings. The fourth-order valence-corrected chi connectivity index (χ4v) is 6.27. The highest BCUT2D eigenvalue weighted by Gasteiger charge is 2.61. The van der Waals surface area contributed by atoms with Crippen LogP contribution in [0.1, 0.15) is 5.56 Å². The van der Waals surface area contributed by atoms with Gasteiger partial charge in [0.15, 0.2) is 14.6 Å². The van der Waals surface area contributed by atoms with Crippen LogP contribution in [0, 0.1) is 0 Å². The second-order valence-corrected chi connectivity index (χ2v) is 9.34. The lowest BCUT2D eigenvalue weighted by atomic mass is 9.77. The van der Waals surface area contributed by atoms with Crippen LogP contribution in [0.2, 0.25) is 0 Å². The number of allylic oxidation sites excluding steroid dienone is 1. The number of benzene rings is 2. The zero-order chi connectivity index (χ0) is 21.4. The van der Waals surface area contributed by atoms with Crippen LogP contribution in [0.5, 0.6) is 0 Å². The SMILES string of the molecule is COC1=CC(CO)(S(=O)(=O)c2ccccc2)C(OC)(c2c[nH]c3ccccc23)C=C1. The van der Waals surface area contributed by atoms with Crippen molar-refractivity contribution in [3.63, 3.8) is 0 Å². The second-order valence-electron chi connectivity index (χ2n) is 7.14. The molecule has 0 bridgehead atoms. The number of rotatable bonds is 6. The summed E-state index contributed by atoms with van der Waals surface area (Å²) >= 11 is 0. The van der Waals surface area contributed by atoms with Crippen molar-refractivity contribution in [3.05, 3.63) is 90.3 Å². The van der Waals surface area contributed by atoms with E-state index in [1.807, 2.05) is 24.3 Å². The maximum atomic E-state index is 14.0. The van der Waals surface area contributed by atoms with E-state index in [1.165, 1.54) is 32.4 Å². The smallest absolute Gasteiger partial charge is 0.193 e. The Hall–Kier alpha value is -2.87. The normalized spacial score (nSPS) is 24.0. The summed E-state index contributed by atoms with van der Waals surface area (Å²) < 4.78 is 37.5. The van der Waals surface area contributed by atoms with Crippen molar-refractivity contribution in [2.75, 3.05) is 20.8 Å². The molecule has 30 heavy (non-hydrogen) atoms. The fraction of sp³-hybridized carbons (Fsp3) is 0.217. The first-order chi connectivity index (χ1) is 14.5. The van der Waals surface area contributed by atoms with E-state index in [1.54, 1.807) is 36.5 Å². The lowest BCUT2D eigenvalue weighted by molar-refractivity contribution is -0.0140. The molecule has 7 heteroatoms. The summed E-state index contributed by atoms with van der Waals surface area (Å²) in [5, 5.41) is 11.5. The van der Waals surface area contributed by atoms with Crippen LogP contribution in [-0.4, -0.2) is 44.1 Å². The van der Waals surface area contributed by atoms with Crippen molar-refractivity contribution in [2.45, 2.75) is 15.2 Å². The quantitative estimate of drug-likeness (QED) is 0.633. The summed E-state index contributed by atoms with van der Waals surface area (Å²) in [5.41, 5.74) is -0.0579. The van der Waals surface area contributed by atoms with Crippen LogP contribution in [0.3, 0.4) is 0 Å². The average molecular weight is 426 g/mol. The molecular weight excluding hydrogens is 402 g/mol. The summed E-state index contributed by atoms with van der Waals surface area (Å²) in [5.74, 6) is 0.330. The van der Waals surface area contributed by atoms with Crippen LogP contribution in [0.15, 0.2) is 89.7 Å². The minimum atomic E-state index is -4.13. The number of H-pyrrole nitrogens is 1. The molecule has 0 saturated heterocycles. The van der Waals surface area contributed by atoms with Gasteiger partial charge in [-0.05, 0) is 36.4 Å². The number of fused-ring (bicyclic) bond motifs is 1. The summed E-state index contributed by atoms with van der Waals surface area (Å²) in [6.45, 7) is -0.714. The van der Waals surface area contributed by atoms with Gasteiger partial charge in [0.05, 0.1) is 18.6 Å². The Morgan fingerprint density at radius 3 is 2.40 bits per heavy atom. The molecule has 0 saturated carbocycles.